The third kappa shape index (κ3) is 3.73. The zero-order chi connectivity index (χ0) is 13.7. The molecule has 18 heavy (non-hydrogen) atoms. The van der Waals surface area contributed by atoms with E-state index in [0.29, 0.717) is 0 Å². The molecule has 0 saturated heterocycles. The monoisotopic (exact) mass is 245 g/mol. The van der Waals surface area contributed by atoms with Crippen LogP contribution in [-0.4, -0.2) is 23.8 Å². The molecule has 1 atom stereocenters. The number of Topliss-reactive ketones (excluding diaryl/α,β-unsaturated/α-hetero) is 1. The molecular formula is C16H23NO. The Morgan fingerprint density at radius 3 is 2.28 bits per heavy atom. The van der Waals surface area contributed by atoms with Crippen LogP contribution in [0.4, 0.5) is 0 Å². The highest BCUT2D eigenvalue weighted by Gasteiger charge is 2.25. The molecule has 1 aromatic carbocycles. The Kier molecular flexibility index (Phi) is 5.14. The molecule has 1 aromatic rings. The molecule has 0 radical (unpaired) electrons. The van der Waals surface area contributed by atoms with E-state index in [0.717, 1.165) is 12.1 Å². The fourth-order valence-electron chi connectivity index (χ4n) is 1.92. The van der Waals surface area contributed by atoms with Gasteiger partial charge in [-0.1, -0.05) is 50.8 Å². The Balaban J connectivity index is 2.91. The maximum atomic E-state index is 12.3. The minimum absolute atomic E-state index is 0.0421. The summed E-state index contributed by atoms with van der Waals surface area (Å²) in [6.45, 7) is 9.77. The van der Waals surface area contributed by atoms with Gasteiger partial charge in [0.1, 0.15) is 0 Å². The molecular weight excluding hydrogens is 222 g/mol. The summed E-state index contributed by atoms with van der Waals surface area (Å²) in [5.41, 5.74) is 2.11. The normalized spacial score (nSPS) is 12.3. The number of hydrogen-bond acceptors (Lipinski definition) is 2. The molecule has 0 spiro atoms. The molecule has 0 amide bonds. The van der Waals surface area contributed by atoms with Gasteiger partial charge in [-0.25, -0.2) is 0 Å². The molecule has 2 heteroatoms. The third-order valence-corrected chi connectivity index (χ3v) is 3.24. The molecule has 0 bridgehead atoms. The van der Waals surface area contributed by atoms with Crippen molar-refractivity contribution in [3.05, 3.63) is 48.2 Å². The van der Waals surface area contributed by atoms with E-state index in [1.54, 1.807) is 0 Å². The summed E-state index contributed by atoms with van der Waals surface area (Å²) in [5.74, 6) is 0.310. The summed E-state index contributed by atoms with van der Waals surface area (Å²) in [6, 6.07) is 10.0. The first-order valence-electron chi connectivity index (χ1n) is 6.39. The lowest BCUT2D eigenvalue weighted by Crippen LogP contribution is -2.41. The predicted octanol–water partition coefficient (Wildman–Crippen LogP) is 3.29. The van der Waals surface area contributed by atoms with Gasteiger partial charge < -0.3 is 4.90 Å². The van der Waals surface area contributed by atoms with Crippen molar-refractivity contribution in [2.45, 2.75) is 33.2 Å². The van der Waals surface area contributed by atoms with Gasteiger partial charge in [-0.15, -0.1) is 0 Å². The van der Waals surface area contributed by atoms with Gasteiger partial charge in [-0.3, -0.25) is 4.79 Å². The molecule has 1 rings (SSSR count). The second-order valence-electron chi connectivity index (χ2n) is 5.11. The summed E-state index contributed by atoms with van der Waals surface area (Å²) < 4.78 is 0. The molecule has 2 nitrogen and oxygen atoms in total. The number of hydrogen-bond donors (Lipinski definition) is 0. The zero-order valence-electron chi connectivity index (χ0n) is 11.8. The molecule has 0 N–H and O–H groups in total. The van der Waals surface area contributed by atoms with Crippen LogP contribution in [-0.2, 0) is 11.2 Å². The molecule has 0 fully saturated rings. The molecule has 0 aromatic heterocycles. The molecule has 0 aliphatic carbocycles. The Morgan fingerprint density at radius 2 is 1.83 bits per heavy atom. The Labute approximate surface area is 110 Å². The molecule has 98 valence electrons. The first-order valence-corrected chi connectivity index (χ1v) is 6.39. The molecule has 0 heterocycles. The van der Waals surface area contributed by atoms with Gasteiger partial charge in [-0.2, -0.15) is 0 Å². The van der Waals surface area contributed by atoms with Crippen molar-refractivity contribution in [1.82, 2.24) is 4.90 Å². The second-order valence-corrected chi connectivity index (χ2v) is 5.11. The number of nitrogens with zero attached hydrogens (tertiary/aromatic N) is 1. The number of carbonyl (C=O) groups is 1. The second kappa shape index (κ2) is 6.39. The number of allylic oxidation sites excluding steroid dienone is 1. The average Bonchev–Trinajstić information content (AvgIpc) is 2.35. The SMILES string of the molecule is C=C(C)N(C)[C@@H](Cc1ccccc1)C(=O)C(C)C. The van der Waals surface area contributed by atoms with Crippen molar-refractivity contribution in [3.8, 4) is 0 Å². The fraction of sp³-hybridized carbons (Fsp3) is 0.438. The number of ketones is 1. The Bertz CT molecular complexity index is 408. The quantitative estimate of drug-likeness (QED) is 0.766. The first kappa shape index (κ1) is 14.5. The maximum Gasteiger partial charge on any atom is 0.158 e. The van der Waals surface area contributed by atoms with Gasteiger partial charge in [0.2, 0.25) is 0 Å². The van der Waals surface area contributed by atoms with Gasteiger partial charge in [0, 0.05) is 18.7 Å². The summed E-state index contributed by atoms with van der Waals surface area (Å²) in [5, 5.41) is 0. The number of rotatable bonds is 6. The third-order valence-electron chi connectivity index (χ3n) is 3.24. The highest BCUT2D eigenvalue weighted by atomic mass is 16.1. The van der Waals surface area contributed by atoms with Crippen molar-refractivity contribution in [3.63, 3.8) is 0 Å². The minimum atomic E-state index is -0.120. The van der Waals surface area contributed by atoms with E-state index in [1.165, 1.54) is 5.56 Å². The van der Waals surface area contributed by atoms with Gasteiger partial charge in [0.05, 0.1) is 6.04 Å². The summed E-state index contributed by atoms with van der Waals surface area (Å²) in [4.78, 5) is 14.3. The van der Waals surface area contributed by atoms with E-state index in [1.807, 2.05) is 50.9 Å². The molecule has 0 saturated carbocycles. The van der Waals surface area contributed by atoms with Crippen LogP contribution in [0.25, 0.3) is 0 Å². The van der Waals surface area contributed by atoms with Crippen LogP contribution >= 0.6 is 0 Å². The van der Waals surface area contributed by atoms with Crippen molar-refractivity contribution in [2.24, 2.45) is 5.92 Å². The Morgan fingerprint density at radius 1 is 1.28 bits per heavy atom. The highest BCUT2D eigenvalue weighted by Crippen LogP contribution is 2.15. The lowest BCUT2D eigenvalue weighted by Gasteiger charge is -2.30. The van der Waals surface area contributed by atoms with Gasteiger partial charge in [0.15, 0.2) is 5.78 Å². The zero-order valence-corrected chi connectivity index (χ0v) is 11.8. The van der Waals surface area contributed by atoms with Crippen molar-refractivity contribution < 1.29 is 4.79 Å². The first-order chi connectivity index (χ1) is 8.43. The summed E-state index contributed by atoms with van der Waals surface area (Å²) in [6.07, 6.45) is 0.737. The van der Waals surface area contributed by atoms with Gasteiger partial charge >= 0.3 is 0 Å². The van der Waals surface area contributed by atoms with E-state index in [2.05, 4.69) is 18.7 Å². The highest BCUT2D eigenvalue weighted by molar-refractivity contribution is 5.86. The van der Waals surface area contributed by atoms with E-state index >= 15 is 0 Å². The lowest BCUT2D eigenvalue weighted by molar-refractivity contribution is -0.126. The Hall–Kier alpha value is -1.57. The largest absolute Gasteiger partial charge is 0.368 e. The summed E-state index contributed by atoms with van der Waals surface area (Å²) in [7, 11) is 1.94. The van der Waals surface area contributed by atoms with E-state index in [-0.39, 0.29) is 17.7 Å². The molecule has 0 unspecified atom stereocenters. The minimum Gasteiger partial charge on any atom is -0.368 e. The molecule has 0 aliphatic heterocycles. The topological polar surface area (TPSA) is 20.3 Å². The van der Waals surface area contributed by atoms with Crippen LogP contribution in [0.3, 0.4) is 0 Å². The maximum absolute atomic E-state index is 12.3. The number of benzene rings is 1. The van der Waals surface area contributed by atoms with Gasteiger partial charge in [-0.05, 0) is 18.9 Å². The lowest BCUT2D eigenvalue weighted by atomic mass is 9.94. The van der Waals surface area contributed by atoms with Crippen LogP contribution in [0.1, 0.15) is 26.3 Å². The smallest absolute Gasteiger partial charge is 0.158 e. The number of likely N-dealkylation sites (N-methyl/N-ethyl adjacent to an activating group) is 1. The van der Waals surface area contributed by atoms with E-state index in [9.17, 15) is 4.79 Å². The van der Waals surface area contributed by atoms with Crippen molar-refractivity contribution in [1.29, 1.82) is 0 Å². The van der Waals surface area contributed by atoms with Crippen LogP contribution in [0.15, 0.2) is 42.6 Å². The van der Waals surface area contributed by atoms with Gasteiger partial charge in [0.25, 0.3) is 0 Å². The van der Waals surface area contributed by atoms with E-state index in [4.69, 9.17) is 0 Å². The molecule has 0 aliphatic rings. The van der Waals surface area contributed by atoms with Crippen molar-refractivity contribution in [2.75, 3.05) is 7.05 Å². The van der Waals surface area contributed by atoms with Crippen LogP contribution in [0.5, 0.6) is 0 Å². The number of carbonyl (C=O) groups excluding carboxylic acids is 1. The van der Waals surface area contributed by atoms with Crippen LogP contribution in [0, 0.1) is 5.92 Å². The predicted molar refractivity (Wildman–Crippen MR) is 76.4 cm³/mol. The summed E-state index contributed by atoms with van der Waals surface area (Å²) >= 11 is 0. The average molecular weight is 245 g/mol. The fourth-order valence-corrected chi connectivity index (χ4v) is 1.92. The van der Waals surface area contributed by atoms with Crippen LogP contribution < -0.4 is 0 Å². The van der Waals surface area contributed by atoms with Crippen LogP contribution in [0.2, 0.25) is 0 Å². The standard InChI is InChI=1S/C16H23NO/c1-12(2)16(18)15(17(5)13(3)4)11-14-9-7-6-8-10-14/h6-10,12,15H,3,11H2,1-2,4-5H3/t15-/m0/s1. The van der Waals surface area contributed by atoms with Crippen molar-refractivity contribution >= 4 is 5.78 Å². The van der Waals surface area contributed by atoms with E-state index < -0.39 is 0 Å².